The van der Waals surface area contributed by atoms with Crippen LogP contribution in [0, 0.1) is 0 Å². The Morgan fingerprint density at radius 3 is 0.553 bits per heavy atom. The number of rotatable bonds is 112. The molecule has 42 heteroatoms. The second kappa shape index (κ2) is 110. The molecule has 1 heterocycles. The summed E-state index contributed by atoms with van der Waals surface area (Å²) in [6.07, 6.45) is 2.46. The van der Waals surface area contributed by atoms with Crippen molar-refractivity contribution in [3.63, 3.8) is 0 Å². The number of carbonyl (C=O) groups excluding carboxylic acids is 2. The van der Waals surface area contributed by atoms with Crippen LogP contribution in [0.25, 0.3) is 0 Å². The van der Waals surface area contributed by atoms with E-state index in [-0.39, 0.29) is 18.2 Å². The molecule has 123 heavy (non-hydrogen) atoms. The van der Waals surface area contributed by atoms with Gasteiger partial charge in [-0.05, 0) is 22.9 Å². The molecule has 728 valence electrons. The van der Waals surface area contributed by atoms with Crippen LogP contribution in [0.3, 0.4) is 0 Å². The smallest absolute Gasteiger partial charge is 0.222 e. The second-order valence-electron chi connectivity index (χ2n) is 24.9. The molecule has 0 saturated carbocycles. The van der Waals surface area contributed by atoms with Gasteiger partial charge in [0.15, 0.2) is 0 Å². The van der Waals surface area contributed by atoms with Crippen LogP contribution in [0.2, 0.25) is 0 Å². The minimum atomic E-state index is -0.108. The number of nitrogens with one attached hydrogen (secondary N) is 2. The van der Waals surface area contributed by atoms with Crippen LogP contribution in [-0.2, 0) is 171 Å². The molecule has 0 saturated heterocycles. The van der Waals surface area contributed by atoms with Gasteiger partial charge in [-0.25, -0.2) is 4.98 Å². The Balaban J connectivity index is 1.60. The largest absolute Gasteiger partial charge is 0.379 e. The zero-order valence-electron chi connectivity index (χ0n) is 73.7. The second-order valence-corrected chi connectivity index (χ2v) is 27.3. The van der Waals surface area contributed by atoms with E-state index in [1.54, 1.807) is 27.8 Å². The molecule has 2 amide bonds. The molecule has 0 bridgehead atoms. The van der Waals surface area contributed by atoms with E-state index in [4.69, 9.17) is 167 Å². The summed E-state index contributed by atoms with van der Waals surface area (Å²) in [7, 11) is 3.18. The van der Waals surface area contributed by atoms with Gasteiger partial charge in [-0.1, -0.05) is 16.9 Å². The van der Waals surface area contributed by atoms with E-state index in [9.17, 15) is 9.59 Å². The van der Waals surface area contributed by atoms with E-state index in [0.717, 1.165) is 5.03 Å². The van der Waals surface area contributed by atoms with Gasteiger partial charge in [0.1, 0.15) is 5.03 Å². The van der Waals surface area contributed by atoms with Gasteiger partial charge in [-0.2, -0.15) is 0 Å². The Bertz CT molecular complexity index is 2150. The van der Waals surface area contributed by atoms with Crippen molar-refractivity contribution in [2.24, 2.45) is 5.73 Å². The first-order valence-corrected chi connectivity index (χ1v) is 45.6. The summed E-state index contributed by atoms with van der Waals surface area (Å²) in [4.78, 5) is 28.2. The lowest BCUT2D eigenvalue weighted by Crippen LogP contribution is -2.28. The first-order valence-electron chi connectivity index (χ1n) is 43.3. The number of nitrogens with zero attached hydrogens (tertiary/aromatic N) is 1. The third-order valence-electron chi connectivity index (χ3n) is 15.0. The van der Waals surface area contributed by atoms with E-state index >= 15 is 0 Å². The fourth-order valence-electron chi connectivity index (χ4n) is 8.82. The van der Waals surface area contributed by atoms with E-state index in [2.05, 4.69) is 15.6 Å². The van der Waals surface area contributed by atoms with Crippen molar-refractivity contribution >= 4 is 33.4 Å². The molecule has 0 atom stereocenters. The van der Waals surface area contributed by atoms with Crippen molar-refractivity contribution < 1.29 is 171 Å². The summed E-state index contributed by atoms with van der Waals surface area (Å²) in [5, 5.41) is 6.60. The number of pyridine rings is 1. The van der Waals surface area contributed by atoms with Crippen LogP contribution in [0.4, 0.5) is 0 Å². The topological polar surface area (TPSA) is 411 Å². The SMILES string of the molecule is NCCOCCOCCOCCOCCOCCOCCOCCOCCOCCOCCNC(=O)CCOCCOCCOCCOCCOCCOCCOCCOCCOCCOCCOCCOCCOCCOCCOCCOCCOCCOCCOCCOCCOCCOCCOCCOCCNC(=O)CCSSc1ccccn1. The number of ether oxygens (including phenoxy) is 34. The summed E-state index contributed by atoms with van der Waals surface area (Å²) in [6.45, 7) is 33.1. The predicted octanol–water partition coefficient (Wildman–Crippen LogP) is 1.36. The van der Waals surface area contributed by atoms with Crippen LogP contribution >= 0.6 is 21.6 Å². The highest BCUT2D eigenvalue weighted by atomic mass is 33.1. The lowest BCUT2D eigenvalue weighted by molar-refractivity contribution is -0.122. The summed E-state index contributed by atoms with van der Waals surface area (Å²) in [6, 6.07) is 5.77. The maximum absolute atomic E-state index is 12.1. The van der Waals surface area contributed by atoms with Gasteiger partial charge < -0.3 is 177 Å². The fraction of sp³-hybridized carbons (Fsp3) is 0.914. The number of hydrogen-bond acceptors (Lipinski definition) is 40. The summed E-state index contributed by atoms with van der Waals surface area (Å²) in [5.41, 5.74) is 5.35. The number of nitrogens with two attached hydrogens (primary N) is 1. The summed E-state index contributed by atoms with van der Waals surface area (Å²) < 4.78 is 187. The average molecular weight is 1830 g/mol. The molecule has 0 aliphatic carbocycles. The molecule has 1 rings (SSSR count). The maximum Gasteiger partial charge on any atom is 0.222 e. The molecular formula is C81H156N4O36S2. The molecular weight excluding hydrogens is 1670 g/mol. The van der Waals surface area contributed by atoms with Crippen LogP contribution in [0.5, 0.6) is 0 Å². The Morgan fingerprint density at radius 2 is 0.382 bits per heavy atom. The molecule has 0 radical (unpaired) electrons. The molecule has 4 N–H and O–H groups in total. The van der Waals surface area contributed by atoms with E-state index in [1.807, 2.05) is 18.2 Å². The molecule has 1 aromatic rings. The van der Waals surface area contributed by atoms with E-state index in [0.29, 0.717) is 481 Å². The molecule has 0 spiro atoms. The van der Waals surface area contributed by atoms with Crippen molar-refractivity contribution in [3.8, 4) is 0 Å². The maximum atomic E-state index is 12.1. The Labute approximate surface area is 739 Å². The van der Waals surface area contributed by atoms with Crippen LogP contribution in [-0.4, -0.2) is 491 Å². The van der Waals surface area contributed by atoms with Gasteiger partial charge in [0.25, 0.3) is 0 Å². The fourth-order valence-corrected chi connectivity index (χ4v) is 10.7. The first kappa shape index (κ1) is 118. The van der Waals surface area contributed by atoms with E-state index in [1.165, 1.54) is 0 Å². The Kier molecular flexibility index (Phi) is 106. The number of hydrogen-bond donors (Lipinski definition) is 3. The molecule has 0 fully saturated rings. The van der Waals surface area contributed by atoms with Crippen LogP contribution < -0.4 is 16.4 Å². The van der Waals surface area contributed by atoms with Crippen molar-refractivity contribution in [1.29, 1.82) is 0 Å². The monoisotopic (exact) mass is 1820 g/mol. The van der Waals surface area contributed by atoms with Crippen molar-refractivity contribution in [1.82, 2.24) is 15.6 Å². The normalized spacial score (nSPS) is 11.7. The Morgan fingerprint density at radius 1 is 0.220 bits per heavy atom. The number of amides is 2. The predicted molar refractivity (Wildman–Crippen MR) is 455 cm³/mol. The third kappa shape index (κ3) is 106. The zero-order chi connectivity index (χ0) is 87.5. The minimum absolute atomic E-state index is 0.00828. The quantitative estimate of drug-likeness (QED) is 0.0612. The zero-order valence-corrected chi connectivity index (χ0v) is 75.3. The number of aromatic nitrogens is 1. The highest BCUT2D eigenvalue weighted by Crippen LogP contribution is 2.29. The van der Waals surface area contributed by atoms with Gasteiger partial charge in [0.2, 0.25) is 11.8 Å². The molecule has 0 aliphatic heterocycles. The molecule has 0 unspecified atom stereocenters. The van der Waals surface area contributed by atoms with Crippen molar-refractivity contribution in [2.75, 3.05) is 475 Å². The third-order valence-corrected chi connectivity index (χ3v) is 17.2. The highest BCUT2D eigenvalue weighted by Gasteiger charge is 2.07. The lowest BCUT2D eigenvalue weighted by atomic mass is 10.4. The van der Waals surface area contributed by atoms with Crippen molar-refractivity contribution in [2.45, 2.75) is 17.9 Å². The average Bonchev–Trinajstić information content (AvgIpc) is 0.957. The summed E-state index contributed by atoms with van der Waals surface area (Å²) in [5.74, 6) is 0.614. The molecule has 0 aliphatic rings. The highest BCUT2D eigenvalue weighted by molar-refractivity contribution is 8.76. The standard InChI is InChI=1S/C81H156N4O36S2/c82-6-11-89-15-19-93-23-27-97-31-35-101-39-43-105-47-48-106-44-40-102-36-32-98-28-24-94-20-16-90-12-8-83-79(86)4-10-88-14-18-92-22-26-96-30-34-100-38-42-104-46-50-108-52-54-110-56-58-112-60-62-114-64-66-116-68-70-118-72-74-120-76-77-121-75-73-119-71-69-117-67-65-115-63-61-113-59-57-111-55-53-109-51-49-107-45-41-103-37-33-99-29-25-95-21-17-91-13-9-84-80(87)5-78-122-123-81-3-1-2-7-85-81/h1-3,7H,4-6,8-78,82H2,(H,83,86)(H,84,87). The van der Waals surface area contributed by atoms with Crippen LogP contribution in [0.1, 0.15) is 12.8 Å². The molecule has 40 nitrogen and oxygen atoms in total. The molecule has 1 aromatic heterocycles. The molecule has 0 aromatic carbocycles. The minimum Gasteiger partial charge on any atom is -0.379 e. The Hall–Kier alpha value is -2.61. The van der Waals surface area contributed by atoms with Crippen LogP contribution in [0.15, 0.2) is 29.4 Å². The van der Waals surface area contributed by atoms with Gasteiger partial charge in [0, 0.05) is 44.4 Å². The first-order chi connectivity index (χ1) is 61.2. The van der Waals surface area contributed by atoms with Gasteiger partial charge in [-0.3, -0.25) is 9.59 Å². The van der Waals surface area contributed by atoms with Gasteiger partial charge >= 0.3 is 0 Å². The van der Waals surface area contributed by atoms with Gasteiger partial charge in [-0.15, -0.1) is 0 Å². The van der Waals surface area contributed by atoms with Crippen molar-refractivity contribution in [3.05, 3.63) is 24.4 Å². The summed E-state index contributed by atoms with van der Waals surface area (Å²) >= 11 is 0. The lowest BCUT2D eigenvalue weighted by Gasteiger charge is -2.09. The number of carbonyl (C=O) groups is 2. The van der Waals surface area contributed by atoms with Gasteiger partial charge in [0.05, 0.1) is 449 Å². The van der Waals surface area contributed by atoms with E-state index < -0.39 is 0 Å².